The molecule has 3 aliphatic rings. The second kappa shape index (κ2) is 14.3. The van der Waals surface area contributed by atoms with Gasteiger partial charge in [0.05, 0.1) is 10.8 Å². The van der Waals surface area contributed by atoms with Gasteiger partial charge in [0.15, 0.2) is 0 Å². The van der Waals surface area contributed by atoms with Gasteiger partial charge in [-0.05, 0) is 107 Å². The van der Waals surface area contributed by atoms with Gasteiger partial charge in [-0.1, -0.05) is 231 Å². The summed E-state index contributed by atoms with van der Waals surface area (Å²) >= 11 is 0. The van der Waals surface area contributed by atoms with Gasteiger partial charge in [-0.2, -0.15) is 0 Å². The summed E-state index contributed by atoms with van der Waals surface area (Å²) in [5, 5.41) is 0. The maximum absolute atomic E-state index is 2.57. The van der Waals surface area contributed by atoms with Crippen molar-refractivity contribution in [3.8, 4) is 44.5 Å². The molecule has 0 saturated carbocycles. The van der Waals surface area contributed by atoms with Crippen LogP contribution in [0.25, 0.3) is 44.5 Å². The Hall–Kier alpha value is -8.00. The fourth-order valence-corrected chi connectivity index (χ4v) is 12.0. The smallest absolute Gasteiger partial charge is 0.0723 e. The maximum Gasteiger partial charge on any atom is 0.0723 e. The van der Waals surface area contributed by atoms with Crippen LogP contribution in [-0.4, -0.2) is 0 Å². The van der Waals surface area contributed by atoms with Crippen LogP contribution in [0.3, 0.4) is 0 Å². The third-order valence-electron chi connectivity index (χ3n) is 14.5. The molecule has 1 heteroatoms. The molecule has 0 saturated heterocycles. The van der Waals surface area contributed by atoms with Gasteiger partial charge in [0.25, 0.3) is 0 Å². The zero-order valence-electron chi connectivity index (χ0n) is 35.3. The quantitative estimate of drug-likeness (QED) is 0.162. The van der Waals surface area contributed by atoms with E-state index in [1.165, 1.54) is 100 Å². The van der Waals surface area contributed by atoms with Gasteiger partial charge in [-0.25, -0.2) is 0 Å². The van der Waals surface area contributed by atoms with Crippen molar-refractivity contribution in [3.05, 3.63) is 299 Å². The molecule has 0 amide bonds. The molecule has 0 aliphatic heterocycles. The van der Waals surface area contributed by atoms with Crippen LogP contribution in [0.15, 0.2) is 249 Å². The molecule has 0 fully saturated rings. The summed E-state index contributed by atoms with van der Waals surface area (Å²) in [6.07, 6.45) is 0. The van der Waals surface area contributed by atoms with Crippen molar-refractivity contribution >= 4 is 11.4 Å². The summed E-state index contributed by atoms with van der Waals surface area (Å²) in [6.45, 7) is 0.644. The first-order chi connectivity index (χ1) is 31.8. The van der Waals surface area contributed by atoms with Crippen molar-refractivity contribution in [1.82, 2.24) is 0 Å². The van der Waals surface area contributed by atoms with E-state index >= 15 is 0 Å². The van der Waals surface area contributed by atoms with Crippen LogP contribution < -0.4 is 4.90 Å². The van der Waals surface area contributed by atoms with Crippen molar-refractivity contribution in [2.45, 2.75) is 17.4 Å². The van der Waals surface area contributed by atoms with E-state index in [2.05, 4.69) is 254 Å². The normalized spacial score (nSPS) is 13.9. The molecule has 10 aromatic carbocycles. The van der Waals surface area contributed by atoms with E-state index in [0.29, 0.717) is 6.54 Å². The minimum absolute atomic E-state index is 0.545. The second-order valence-electron chi connectivity index (χ2n) is 17.4. The molecule has 3 aliphatic carbocycles. The van der Waals surface area contributed by atoms with Gasteiger partial charge >= 0.3 is 0 Å². The third kappa shape index (κ3) is 5.01. The first-order valence-electron chi connectivity index (χ1n) is 22.5. The van der Waals surface area contributed by atoms with Gasteiger partial charge in [0, 0.05) is 23.5 Å². The van der Waals surface area contributed by atoms with Crippen LogP contribution >= 0.6 is 0 Å². The molecular weight excluding hydrogens is 771 g/mol. The fourth-order valence-electron chi connectivity index (χ4n) is 12.0. The lowest BCUT2D eigenvalue weighted by atomic mass is 9.51. The Morgan fingerprint density at radius 3 is 1.20 bits per heavy atom. The molecular formula is C63H43N. The largest absolute Gasteiger partial charge is 0.336 e. The summed E-state index contributed by atoms with van der Waals surface area (Å²) in [6, 6.07) is 93.1. The average Bonchev–Trinajstić information content (AvgIpc) is 3.84. The molecule has 0 radical (unpaired) electrons. The van der Waals surface area contributed by atoms with Gasteiger partial charge in [-0.3, -0.25) is 0 Å². The first kappa shape index (κ1) is 36.6. The monoisotopic (exact) mass is 813 g/mol. The van der Waals surface area contributed by atoms with Crippen LogP contribution in [0.5, 0.6) is 0 Å². The molecule has 0 atom stereocenters. The number of hydrogen-bond acceptors (Lipinski definition) is 1. The number of hydrogen-bond donors (Lipinski definition) is 0. The summed E-state index contributed by atoms with van der Waals surface area (Å²) in [5.41, 5.74) is 23.3. The number of para-hydroxylation sites is 1. The molecule has 0 bridgehead atoms. The van der Waals surface area contributed by atoms with Crippen molar-refractivity contribution in [2.75, 3.05) is 4.90 Å². The Labute approximate surface area is 375 Å². The van der Waals surface area contributed by atoms with Crippen molar-refractivity contribution in [1.29, 1.82) is 0 Å². The average molecular weight is 814 g/mol. The summed E-state index contributed by atoms with van der Waals surface area (Å²) < 4.78 is 0. The third-order valence-corrected chi connectivity index (χ3v) is 14.5. The molecule has 2 spiro atoms. The van der Waals surface area contributed by atoms with Gasteiger partial charge < -0.3 is 4.90 Å². The van der Waals surface area contributed by atoms with E-state index in [0.717, 1.165) is 5.69 Å². The molecule has 1 nitrogen and oxygen atoms in total. The van der Waals surface area contributed by atoms with Gasteiger partial charge in [-0.15, -0.1) is 0 Å². The maximum atomic E-state index is 2.57. The lowest BCUT2D eigenvalue weighted by Crippen LogP contribution is -2.44. The van der Waals surface area contributed by atoms with Crippen LogP contribution in [0.4, 0.5) is 11.4 Å². The number of fused-ring (bicyclic) bond motifs is 16. The van der Waals surface area contributed by atoms with Crippen LogP contribution in [0, 0.1) is 0 Å². The predicted octanol–water partition coefficient (Wildman–Crippen LogP) is 15.4. The molecule has 64 heavy (non-hydrogen) atoms. The first-order valence-corrected chi connectivity index (χ1v) is 22.5. The van der Waals surface area contributed by atoms with Gasteiger partial charge in [0.2, 0.25) is 0 Å². The number of benzene rings is 10. The van der Waals surface area contributed by atoms with Gasteiger partial charge in [0.1, 0.15) is 0 Å². The minimum atomic E-state index is -0.588. The molecule has 300 valence electrons. The SMILES string of the molecule is c1ccc(-c2ccc(N(Cc3cccc4c3C3(c5ccccc5-c5ccccc53)c3ccccc3C43c4ccccc4-c4ccccc43)c3ccccc3-c3ccccc3)cc2)cc1. The van der Waals surface area contributed by atoms with E-state index in [-0.39, 0.29) is 0 Å². The van der Waals surface area contributed by atoms with Crippen LogP contribution in [0.2, 0.25) is 0 Å². The van der Waals surface area contributed by atoms with E-state index in [9.17, 15) is 0 Å². The van der Waals surface area contributed by atoms with Crippen molar-refractivity contribution < 1.29 is 0 Å². The topological polar surface area (TPSA) is 3.24 Å². The highest BCUT2D eigenvalue weighted by Crippen LogP contribution is 2.68. The Bertz CT molecular complexity index is 3330. The van der Waals surface area contributed by atoms with E-state index in [4.69, 9.17) is 0 Å². The van der Waals surface area contributed by atoms with Crippen molar-refractivity contribution in [3.63, 3.8) is 0 Å². The summed E-state index contributed by atoms with van der Waals surface area (Å²) in [7, 11) is 0. The number of rotatable bonds is 6. The van der Waals surface area contributed by atoms with Crippen LogP contribution in [0.1, 0.15) is 50.1 Å². The summed E-state index contributed by atoms with van der Waals surface area (Å²) in [5.74, 6) is 0. The zero-order valence-corrected chi connectivity index (χ0v) is 35.3. The molecule has 0 aromatic heterocycles. The standard InChI is InChI=1S/C63H43N/c1-3-20-43(21-4-1)44-38-40-47(41-39-44)64(60-37-18-11-25-48(60)45-22-5-2-6-23-45)42-46-24-19-36-59-61(46)63(55-32-14-9-28-51(55)52-29-10-15-33-56(52)63)58-35-17-16-34-57(58)62(59)53-30-12-7-26-49(53)50-27-8-13-31-54(50)62/h1-41H,42H2. The Kier molecular flexibility index (Phi) is 8.17. The van der Waals surface area contributed by atoms with E-state index < -0.39 is 10.8 Å². The Morgan fingerprint density at radius 2 is 0.656 bits per heavy atom. The minimum Gasteiger partial charge on any atom is -0.336 e. The molecule has 10 aromatic rings. The van der Waals surface area contributed by atoms with Crippen LogP contribution in [-0.2, 0) is 17.4 Å². The highest BCUT2D eigenvalue weighted by Gasteiger charge is 2.59. The highest BCUT2D eigenvalue weighted by molar-refractivity contribution is 5.94. The van der Waals surface area contributed by atoms with Crippen molar-refractivity contribution in [2.24, 2.45) is 0 Å². The highest BCUT2D eigenvalue weighted by atomic mass is 15.1. The number of anilines is 2. The van der Waals surface area contributed by atoms with E-state index in [1.54, 1.807) is 0 Å². The predicted molar refractivity (Wildman–Crippen MR) is 264 cm³/mol. The Balaban J connectivity index is 1.14. The lowest BCUT2D eigenvalue weighted by Gasteiger charge is -2.50. The fraction of sp³-hybridized carbons (Fsp3) is 0.0476. The second-order valence-corrected chi connectivity index (χ2v) is 17.4. The molecule has 13 rings (SSSR count). The van der Waals surface area contributed by atoms with E-state index in [1.807, 2.05) is 0 Å². The summed E-state index contributed by atoms with van der Waals surface area (Å²) in [4.78, 5) is 2.57. The molecule has 0 N–H and O–H groups in total. The number of nitrogens with zero attached hydrogens (tertiary/aromatic N) is 1. The molecule has 0 heterocycles. The Morgan fingerprint density at radius 1 is 0.266 bits per heavy atom. The molecule has 0 unspecified atom stereocenters. The lowest BCUT2D eigenvalue weighted by molar-refractivity contribution is 0.624. The zero-order chi connectivity index (χ0) is 42.2.